The summed E-state index contributed by atoms with van der Waals surface area (Å²) in [5, 5.41) is 11.1. The van der Waals surface area contributed by atoms with Crippen LogP contribution < -0.4 is 10.9 Å². The van der Waals surface area contributed by atoms with Gasteiger partial charge in [-0.15, -0.1) is 0 Å². The number of halogens is 3. The molecule has 0 aliphatic carbocycles. The molecule has 8 nitrogen and oxygen atoms in total. The van der Waals surface area contributed by atoms with E-state index < -0.39 is 28.9 Å². The van der Waals surface area contributed by atoms with Gasteiger partial charge in [-0.1, -0.05) is 11.2 Å². The van der Waals surface area contributed by atoms with Gasteiger partial charge in [0.05, 0.1) is 17.4 Å². The lowest BCUT2D eigenvalue weighted by Gasteiger charge is -2.14. The number of aromatic nitrogens is 4. The van der Waals surface area contributed by atoms with Gasteiger partial charge in [-0.3, -0.25) is 9.59 Å². The Morgan fingerprint density at radius 2 is 1.97 bits per heavy atom. The van der Waals surface area contributed by atoms with Gasteiger partial charge in [-0.05, 0) is 36.4 Å². The van der Waals surface area contributed by atoms with Crippen LogP contribution in [0.5, 0.6) is 0 Å². The number of H-pyrrole nitrogens is 1. The van der Waals surface area contributed by atoms with E-state index in [1.54, 1.807) is 6.07 Å². The van der Waals surface area contributed by atoms with Crippen LogP contribution in [0, 0.1) is 0 Å². The number of amides is 1. The van der Waals surface area contributed by atoms with Gasteiger partial charge < -0.3 is 14.8 Å². The van der Waals surface area contributed by atoms with E-state index in [-0.39, 0.29) is 22.1 Å². The van der Waals surface area contributed by atoms with E-state index >= 15 is 0 Å². The highest BCUT2D eigenvalue weighted by Gasteiger charge is 2.41. The summed E-state index contributed by atoms with van der Waals surface area (Å²) in [6.45, 7) is 0. The Balaban J connectivity index is 1.61. The third-order valence-corrected chi connectivity index (χ3v) is 4.92. The van der Waals surface area contributed by atoms with Gasteiger partial charge in [-0.25, -0.2) is 4.68 Å². The van der Waals surface area contributed by atoms with Crippen LogP contribution in [0.25, 0.3) is 27.4 Å². The average molecular weight is 439 g/mol. The van der Waals surface area contributed by atoms with Crippen molar-refractivity contribution in [3.05, 3.63) is 82.7 Å². The Morgan fingerprint density at radius 1 is 1.12 bits per heavy atom. The summed E-state index contributed by atoms with van der Waals surface area (Å²) in [5.41, 5.74) is -1.68. The molecule has 0 radical (unpaired) electrons. The maximum atomic E-state index is 14.0. The number of hydrogen-bond donors (Lipinski definition) is 2. The van der Waals surface area contributed by atoms with Gasteiger partial charge in [0.1, 0.15) is 11.8 Å². The first-order chi connectivity index (χ1) is 15.3. The highest BCUT2D eigenvalue weighted by Crippen LogP contribution is 2.35. The second-order valence-electron chi connectivity index (χ2n) is 6.90. The summed E-state index contributed by atoms with van der Waals surface area (Å²) in [6.07, 6.45) is -1.32. The lowest BCUT2D eigenvalue weighted by atomic mass is 10.1. The smallest absolute Gasteiger partial charge is 0.364 e. The van der Waals surface area contributed by atoms with Crippen LogP contribution >= 0.6 is 0 Å². The fourth-order valence-electron chi connectivity index (χ4n) is 3.50. The number of benzene rings is 2. The predicted octanol–water partition coefficient (Wildman–Crippen LogP) is 4.13. The van der Waals surface area contributed by atoms with E-state index in [0.29, 0.717) is 15.6 Å². The van der Waals surface area contributed by atoms with Crippen LogP contribution in [0.3, 0.4) is 0 Å². The minimum absolute atomic E-state index is 0.0176. The van der Waals surface area contributed by atoms with E-state index in [9.17, 15) is 22.8 Å². The molecule has 0 fully saturated rings. The third kappa shape index (κ3) is 3.20. The van der Waals surface area contributed by atoms with E-state index in [4.69, 9.17) is 4.52 Å². The van der Waals surface area contributed by atoms with Crippen LogP contribution in [-0.2, 0) is 6.18 Å². The van der Waals surface area contributed by atoms with Crippen molar-refractivity contribution >= 4 is 33.3 Å². The second kappa shape index (κ2) is 7.08. The molecule has 0 unspecified atom stereocenters. The average Bonchev–Trinajstić information content (AvgIpc) is 3.40. The number of alkyl halides is 3. The topological polar surface area (TPSA) is 106 Å². The van der Waals surface area contributed by atoms with E-state index in [1.165, 1.54) is 48.9 Å². The number of nitrogens with zero attached hydrogens (tertiary/aromatic N) is 3. The summed E-state index contributed by atoms with van der Waals surface area (Å²) in [4.78, 5) is 27.3. The molecule has 0 aliphatic rings. The Kier molecular flexibility index (Phi) is 4.33. The maximum Gasteiger partial charge on any atom is 0.434 e. The molecule has 0 saturated carbocycles. The van der Waals surface area contributed by atoms with Crippen molar-refractivity contribution in [1.29, 1.82) is 0 Å². The van der Waals surface area contributed by atoms with Crippen molar-refractivity contribution in [3.8, 4) is 5.69 Å². The van der Waals surface area contributed by atoms with Crippen molar-refractivity contribution < 1.29 is 22.5 Å². The Hall–Kier alpha value is -4.41. The van der Waals surface area contributed by atoms with Gasteiger partial charge >= 0.3 is 6.18 Å². The number of nitrogens with one attached hydrogen (secondary N) is 2. The van der Waals surface area contributed by atoms with Gasteiger partial charge in [0.2, 0.25) is 0 Å². The fourth-order valence-corrected chi connectivity index (χ4v) is 3.50. The minimum Gasteiger partial charge on any atom is -0.364 e. The summed E-state index contributed by atoms with van der Waals surface area (Å²) in [5.74, 6) is -0.996. The molecule has 0 saturated heterocycles. The van der Waals surface area contributed by atoms with Crippen LogP contribution in [0.2, 0.25) is 0 Å². The van der Waals surface area contributed by atoms with E-state index in [0.717, 1.165) is 6.20 Å². The van der Waals surface area contributed by atoms with E-state index in [1.807, 2.05) is 0 Å². The standard InChI is InChI=1S/C21H12F3N5O3/c22-21(23,24)18-15(20(31)27-12-5-4-11-10-32-28-16(11)8-12)9-26-29(18)17-3-1-2-14-13(17)6-7-25-19(14)30/h1-10H,(H,25,30)(H,27,31). The SMILES string of the molecule is O=C(Nc1ccc2conc2c1)c1cnn(-c2cccc3c(=O)[nH]ccc23)c1C(F)(F)F. The normalized spacial score (nSPS) is 11.8. The number of fused-ring (bicyclic) bond motifs is 2. The number of carbonyl (C=O) groups is 1. The molecule has 0 aliphatic heterocycles. The molecule has 2 N–H and O–H groups in total. The zero-order chi connectivity index (χ0) is 22.5. The highest BCUT2D eigenvalue weighted by atomic mass is 19.4. The molecule has 0 spiro atoms. The number of rotatable bonds is 3. The molecular formula is C21H12F3N5O3. The van der Waals surface area contributed by atoms with Crippen molar-refractivity contribution in [2.24, 2.45) is 0 Å². The summed E-state index contributed by atoms with van der Waals surface area (Å²) < 4.78 is 47.6. The fraction of sp³-hybridized carbons (Fsp3) is 0.0476. The zero-order valence-corrected chi connectivity index (χ0v) is 16.0. The van der Waals surface area contributed by atoms with Crippen LogP contribution in [0.4, 0.5) is 18.9 Å². The molecule has 5 rings (SSSR count). The molecule has 2 aromatic carbocycles. The van der Waals surface area contributed by atoms with Crippen LogP contribution in [-0.4, -0.2) is 25.8 Å². The molecule has 1 amide bonds. The number of anilines is 1. The Labute approximate surface area is 176 Å². The van der Waals surface area contributed by atoms with Gasteiger partial charge in [0.15, 0.2) is 5.69 Å². The highest BCUT2D eigenvalue weighted by molar-refractivity contribution is 6.06. The molecule has 160 valence electrons. The quantitative estimate of drug-likeness (QED) is 0.440. The second-order valence-corrected chi connectivity index (χ2v) is 6.90. The Bertz CT molecular complexity index is 1550. The lowest BCUT2D eigenvalue weighted by Crippen LogP contribution is -2.21. The minimum atomic E-state index is -4.90. The van der Waals surface area contributed by atoms with Gasteiger partial charge in [0.25, 0.3) is 11.5 Å². The third-order valence-electron chi connectivity index (χ3n) is 4.92. The molecule has 5 aromatic rings. The molecule has 0 bridgehead atoms. The molecule has 32 heavy (non-hydrogen) atoms. The number of hydrogen-bond acceptors (Lipinski definition) is 5. The first-order valence-corrected chi connectivity index (χ1v) is 9.24. The monoisotopic (exact) mass is 439 g/mol. The van der Waals surface area contributed by atoms with Crippen molar-refractivity contribution in [3.63, 3.8) is 0 Å². The molecule has 3 aromatic heterocycles. The molecular weight excluding hydrogens is 427 g/mol. The van der Waals surface area contributed by atoms with Gasteiger partial charge in [0, 0.05) is 28.0 Å². The predicted molar refractivity (Wildman–Crippen MR) is 109 cm³/mol. The first kappa shape index (κ1) is 19.5. The number of pyridine rings is 1. The molecule has 11 heteroatoms. The van der Waals surface area contributed by atoms with Gasteiger partial charge in [-0.2, -0.15) is 18.3 Å². The molecule has 0 atom stereocenters. The van der Waals surface area contributed by atoms with E-state index in [2.05, 4.69) is 20.6 Å². The Morgan fingerprint density at radius 3 is 2.78 bits per heavy atom. The maximum absolute atomic E-state index is 14.0. The van der Waals surface area contributed by atoms with Crippen molar-refractivity contribution in [1.82, 2.24) is 19.9 Å². The van der Waals surface area contributed by atoms with Crippen LogP contribution in [0.1, 0.15) is 16.1 Å². The summed E-state index contributed by atoms with van der Waals surface area (Å²) in [7, 11) is 0. The van der Waals surface area contributed by atoms with Crippen LogP contribution in [0.15, 0.2) is 70.4 Å². The largest absolute Gasteiger partial charge is 0.434 e. The van der Waals surface area contributed by atoms with Crippen molar-refractivity contribution in [2.45, 2.75) is 6.18 Å². The van der Waals surface area contributed by atoms with Crippen molar-refractivity contribution in [2.75, 3.05) is 5.32 Å². The molecule has 3 heterocycles. The zero-order valence-electron chi connectivity index (χ0n) is 16.0. The number of carbonyl (C=O) groups excluding carboxylic acids is 1. The first-order valence-electron chi connectivity index (χ1n) is 9.24. The summed E-state index contributed by atoms with van der Waals surface area (Å²) in [6, 6.07) is 10.4. The lowest BCUT2D eigenvalue weighted by molar-refractivity contribution is -0.143. The summed E-state index contributed by atoms with van der Waals surface area (Å²) >= 11 is 0. The number of aromatic amines is 1.